The Morgan fingerprint density at radius 3 is 2.22 bits per heavy atom. The average molecular weight is 256 g/mol. The number of primary amides is 1. The molecule has 1 aliphatic heterocycles. The topological polar surface area (TPSA) is 63.4 Å². The van der Waals surface area contributed by atoms with Crippen molar-refractivity contribution >= 4 is 11.8 Å². The number of nitrogens with two attached hydrogens (primary N) is 1. The number of rotatable bonds is 6. The van der Waals surface area contributed by atoms with E-state index in [4.69, 9.17) is 5.73 Å². The second-order valence-electron chi connectivity index (χ2n) is 5.10. The van der Waals surface area contributed by atoms with Crippen molar-refractivity contribution in [2.45, 2.75) is 39.7 Å². The second-order valence-corrected chi connectivity index (χ2v) is 5.10. The van der Waals surface area contributed by atoms with Crippen LogP contribution in [0.5, 0.6) is 0 Å². The maximum Gasteiger partial charge on any atom is 0.278 e. The Balaban J connectivity index is 2.72. The molecule has 104 valence electrons. The quantitative estimate of drug-likeness (QED) is 0.697. The third kappa shape index (κ3) is 3.02. The maximum absolute atomic E-state index is 12.4. The summed E-state index contributed by atoms with van der Waals surface area (Å²) in [4.78, 5) is 25.3. The number of likely N-dealkylation sites (N-methyl/N-ethyl adjacent to an activating group) is 1. The van der Waals surface area contributed by atoms with Crippen LogP contribution in [0.15, 0.2) is 0 Å². The summed E-state index contributed by atoms with van der Waals surface area (Å²) in [7, 11) is 0. The summed E-state index contributed by atoms with van der Waals surface area (Å²) >= 11 is 0. The Bertz CT molecular complexity index is 305. The standard InChI is InChI=1S/C13H25N3O2/c1-4-16(5-2,6-3)10-12(17)15-9-7-8-11(15)13(14)18/h11H,4-10H2,1-3H3,(H-,14,18)/p+1/t11-/m0/s1. The number of quaternary nitrogens is 1. The molecule has 1 atom stereocenters. The molecule has 18 heavy (non-hydrogen) atoms. The van der Waals surface area contributed by atoms with Crippen LogP contribution in [-0.2, 0) is 9.59 Å². The highest BCUT2D eigenvalue weighted by molar-refractivity contribution is 5.87. The molecule has 5 nitrogen and oxygen atoms in total. The molecule has 2 N–H and O–H groups in total. The van der Waals surface area contributed by atoms with Gasteiger partial charge in [-0.3, -0.25) is 9.59 Å². The van der Waals surface area contributed by atoms with Gasteiger partial charge in [-0.1, -0.05) is 0 Å². The van der Waals surface area contributed by atoms with E-state index in [1.165, 1.54) is 0 Å². The fraction of sp³-hybridized carbons (Fsp3) is 0.846. The molecule has 0 unspecified atom stereocenters. The van der Waals surface area contributed by atoms with E-state index in [9.17, 15) is 9.59 Å². The Morgan fingerprint density at radius 2 is 1.78 bits per heavy atom. The molecule has 1 saturated heterocycles. The minimum Gasteiger partial charge on any atom is -0.368 e. The molecule has 0 aromatic heterocycles. The van der Waals surface area contributed by atoms with E-state index in [1.54, 1.807) is 4.90 Å². The first-order valence-electron chi connectivity index (χ1n) is 6.93. The average Bonchev–Trinajstić information content (AvgIpc) is 2.85. The lowest BCUT2D eigenvalue weighted by Crippen LogP contribution is -2.55. The minimum atomic E-state index is -0.384. The van der Waals surface area contributed by atoms with Gasteiger partial charge < -0.3 is 15.1 Å². The minimum absolute atomic E-state index is 0.0712. The van der Waals surface area contributed by atoms with Gasteiger partial charge in [0, 0.05) is 6.54 Å². The Morgan fingerprint density at radius 1 is 1.22 bits per heavy atom. The number of nitrogens with zero attached hydrogens (tertiary/aromatic N) is 2. The zero-order valence-electron chi connectivity index (χ0n) is 11.8. The van der Waals surface area contributed by atoms with Crippen LogP contribution in [0.4, 0.5) is 0 Å². The summed E-state index contributed by atoms with van der Waals surface area (Å²) in [6.07, 6.45) is 1.59. The molecule has 1 heterocycles. The molecule has 0 saturated carbocycles. The molecule has 0 spiro atoms. The Labute approximate surface area is 110 Å². The van der Waals surface area contributed by atoms with Crippen molar-refractivity contribution in [1.29, 1.82) is 0 Å². The van der Waals surface area contributed by atoms with E-state index in [2.05, 4.69) is 20.8 Å². The summed E-state index contributed by atoms with van der Waals surface area (Å²) in [5.74, 6) is -0.301. The molecular weight excluding hydrogens is 230 g/mol. The van der Waals surface area contributed by atoms with Gasteiger partial charge in [0.25, 0.3) is 5.91 Å². The lowest BCUT2D eigenvalue weighted by Gasteiger charge is -2.36. The van der Waals surface area contributed by atoms with Crippen LogP contribution < -0.4 is 5.73 Å². The zero-order valence-corrected chi connectivity index (χ0v) is 11.8. The normalized spacial score (nSPS) is 20.2. The molecule has 1 rings (SSSR count). The molecule has 0 aromatic rings. The van der Waals surface area contributed by atoms with Crippen LogP contribution in [0.3, 0.4) is 0 Å². The summed E-state index contributed by atoms with van der Waals surface area (Å²) in [5.41, 5.74) is 5.35. The van der Waals surface area contributed by atoms with Crippen molar-refractivity contribution in [2.75, 3.05) is 32.7 Å². The highest BCUT2D eigenvalue weighted by Gasteiger charge is 2.36. The largest absolute Gasteiger partial charge is 0.368 e. The smallest absolute Gasteiger partial charge is 0.278 e. The van der Waals surface area contributed by atoms with Gasteiger partial charge in [-0.25, -0.2) is 0 Å². The molecule has 2 amide bonds. The van der Waals surface area contributed by atoms with E-state index in [0.29, 0.717) is 19.5 Å². The van der Waals surface area contributed by atoms with Gasteiger partial charge in [0.15, 0.2) is 6.54 Å². The van der Waals surface area contributed by atoms with Gasteiger partial charge in [-0.2, -0.15) is 0 Å². The highest BCUT2D eigenvalue weighted by atomic mass is 16.2. The number of hydrogen-bond acceptors (Lipinski definition) is 2. The number of likely N-dealkylation sites (tertiary alicyclic amines) is 1. The van der Waals surface area contributed by atoms with Crippen molar-refractivity contribution in [1.82, 2.24) is 4.90 Å². The number of carbonyl (C=O) groups is 2. The molecule has 0 aliphatic carbocycles. The monoisotopic (exact) mass is 256 g/mol. The van der Waals surface area contributed by atoms with Crippen LogP contribution in [0.25, 0.3) is 0 Å². The van der Waals surface area contributed by atoms with Crippen molar-refractivity contribution in [3.05, 3.63) is 0 Å². The third-order valence-electron chi connectivity index (χ3n) is 4.38. The highest BCUT2D eigenvalue weighted by Crippen LogP contribution is 2.18. The van der Waals surface area contributed by atoms with Crippen LogP contribution in [0, 0.1) is 0 Å². The molecule has 1 aliphatic rings. The van der Waals surface area contributed by atoms with Gasteiger partial charge in [0.2, 0.25) is 5.91 Å². The molecule has 1 fully saturated rings. The van der Waals surface area contributed by atoms with Crippen molar-refractivity contribution in [3.63, 3.8) is 0 Å². The maximum atomic E-state index is 12.4. The summed E-state index contributed by atoms with van der Waals surface area (Å²) < 4.78 is 0.779. The molecular formula is C13H26N3O2+. The number of carbonyl (C=O) groups excluding carboxylic acids is 2. The molecule has 0 bridgehead atoms. The molecule has 5 heteroatoms. The van der Waals surface area contributed by atoms with Crippen LogP contribution >= 0.6 is 0 Å². The lowest BCUT2D eigenvalue weighted by atomic mass is 10.2. The van der Waals surface area contributed by atoms with Gasteiger partial charge in [0.1, 0.15) is 6.04 Å². The van der Waals surface area contributed by atoms with E-state index >= 15 is 0 Å². The van der Waals surface area contributed by atoms with E-state index in [1.807, 2.05) is 0 Å². The first kappa shape index (κ1) is 15.0. The van der Waals surface area contributed by atoms with Crippen molar-refractivity contribution < 1.29 is 14.1 Å². The predicted molar refractivity (Wildman–Crippen MR) is 70.7 cm³/mol. The first-order valence-corrected chi connectivity index (χ1v) is 6.93. The zero-order chi connectivity index (χ0) is 13.8. The predicted octanol–water partition coefficient (Wildman–Crippen LogP) is 0.339. The fourth-order valence-corrected chi connectivity index (χ4v) is 2.75. The third-order valence-corrected chi connectivity index (χ3v) is 4.38. The van der Waals surface area contributed by atoms with Gasteiger partial charge in [-0.15, -0.1) is 0 Å². The van der Waals surface area contributed by atoms with Crippen molar-refractivity contribution in [2.24, 2.45) is 5.73 Å². The fourth-order valence-electron chi connectivity index (χ4n) is 2.75. The van der Waals surface area contributed by atoms with Gasteiger partial charge in [-0.05, 0) is 33.6 Å². The van der Waals surface area contributed by atoms with Crippen molar-refractivity contribution in [3.8, 4) is 0 Å². The molecule has 0 radical (unpaired) electrons. The van der Waals surface area contributed by atoms with Crippen LogP contribution in [-0.4, -0.2) is 60.0 Å². The van der Waals surface area contributed by atoms with E-state index < -0.39 is 0 Å². The lowest BCUT2D eigenvalue weighted by molar-refractivity contribution is -0.916. The van der Waals surface area contributed by atoms with Crippen LogP contribution in [0.1, 0.15) is 33.6 Å². The molecule has 0 aromatic carbocycles. The first-order chi connectivity index (χ1) is 8.49. The van der Waals surface area contributed by atoms with E-state index in [0.717, 1.165) is 30.5 Å². The summed E-state index contributed by atoms with van der Waals surface area (Å²) in [6, 6.07) is -0.384. The SMILES string of the molecule is CC[N+](CC)(CC)CC(=O)N1CCC[C@H]1C(N)=O. The number of hydrogen-bond donors (Lipinski definition) is 1. The van der Waals surface area contributed by atoms with E-state index in [-0.39, 0.29) is 17.9 Å². The summed E-state index contributed by atoms with van der Waals surface area (Å²) in [6.45, 7) is 10.3. The Hall–Kier alpha value is -1.10. The van der Waals surface area contributed by atoms with Gasteiger partial charge in [0.05, 0.1) is 19.6 Å². The number of amides is 2. The summed E-state index contributed by atoms with van der Waals surface area (Å²) in [5, 5.41) is 0. The van der Waals surface area contributed by atoms with Crippen LogP contribution in [0.2, 0.25) is 0 Å². The second kappa shape index (κ2) is 6.18. The Kier molecular flexibility index (Phi) is 5.14. The van der Waals surface area contributed by atoms with Gasteiger partial charge >= 0.3 is 0 Å².